The first kappa shape index (κ1) is 34.8. The van der Waals surface area contributed by atoms with Crippen LogP contribution in [-0.2, 0) is 17.1 Å². The van der Waals surface area contributed by atoms with E-state index in [9.17, 15) is 13.6 Å². The largest absolute Gasteiger partial charge is 2.00 e. The van der Waals surface area contributed by atoms with E-state index in [2.05, 4.69) is 6.92 Å². The van der Waals surface area contributed by atoms with Gasteiger partial charge in [0, 0.05) is 11.5 Å². The van der Waals surface area contributed by atoms with Gasteiger partial charge in [0.25, 0.3) is 0 Å². The van der Waals surface area contributed by atoms with Gasteiger partial charge >= 0.3 is 23.0 Å². The summed E-state index contributed by atoms with van der Waals surface area (Å²) in [5.41, 5.74) is 1.93. The number of halogens is 2. The summed E-state index contributed by atoms with van der Waals surface area (Å²) < 4.78 is 40.4. The molecule has 0 heterocycles. The molecule has 2 aliphatic rings. The molecule has 3 nitrogen and oxygen atoms in total. The summed E-state index contributed by atoms with van der Waals surface area (Å²) >= 11 is 0. The van der Waals surface area contributed by atoms with Gasteiger partial charge in [0.1, 0.15) is 5.75 Å². The first-order chi connectivity index (χ1) is 20.6. The third kappa shape index (κ3) is 10.8. The van der Waals surface area contributed by atoms with Gasteiger partial charge in [-0.05, 0) is 112 Å². The monoisotopic (exact) mass is 622 g/mol. The maximum atomic E-state index is 14.8. The van der Waals surface area contributed by atoms with E-state index in [1.165, 1.54) is 31.4 Å². The summed E-state index contributed by atoms with van der Waals surface area (Å²) in [5.74, 6) is -1.20. The number of esters is 1. The number of rotatable bonds is 12. The molecule has 0 amide bonds. The fraction of sp³-hybridized carbons (Fsp3) is 0.216. The van der Waals surface area contributed by atoms with Crippen molar-refractivity contribution in [3.63, 3.8) is 0 Å². The van der Waals surface area contributed by atoms with E-state index in [0.717, 1.165) is 30.7 Å². The molecule has 0 saturated heterocycles. The first-order valence-corrected chi connectivity index (χ1v) is 14.5. The molecule has 0 bridgehead atoms. The SMILES string of the molecule is CCCCCCCCOc1ccc(-c2ccc(OC(=O)c3cccc([C]4[CH][CH][CH][CH]4)c3)cc2)c(F)c1F.[CH]1[CH][CH][CH][CH]1.[Fe+2]. The van der Waals surface area contributed by atoms with Crippen molar-refractivity contribution in [2.75, 3.05) is 6.61 Å². The van der Waals surface area contributed by atoms with Crippen LogP contribution in [0.2, 0.25) is 0 Å². The minimum Gasteiger partial charge on any atom is -0.490 e. The van der Waals surface area contributed by atoms with Crippen LogP contribution in [0.25, 0.3) is 11.1 Å². The van der Waals surface area contributed by atoms with Crippen LogP contribution in [0.15, 0.2) is 60.7 Å². The Morgan fingerprint density at radius 1 is 0.698 bits per heavy atom. The van der Waals surface area contributed by atoms with Gasteiger partial charge in [-0.3, -0.25) is 0 Å². The average molecular weight is 623 g/mol. The molecule has 0 atom stereocenters. The number of unbranched alkanes of at least 4 members (excludes halogenated alkanes) is 5. The van der Waals surface area contributed by atoms with E-state index < -0.39 is 17.6 Å². The van der Waals surface area contributed by atoms with Crippen molar-refractivity contribution in [2.24, 2.45) is 0 Å². The number of ether oxygens (including phenoxy) is 2. The van der Waals surface area contributed by atoms with Crippen molar-refractivity contribution in [1.29, 1.82) is 0 Å². The summed E-state index contributed by atoms with van der Waals surface area (Å²) in [7, 11) is 0. The zero-order valence-corrected chi connectivity index (χ0v) is 25.4. The van der Waals surface area contributed by atoms with Gasteiger partial charge in [0.15, 0.2) is 11.6 Å². The average Bonchev–Trinajstić information content (AvgIpc) is 3.78. The quantitative estimate of drug-likeness (QED) is 0.0874. The van der Waals surface area contributed by atoms with Gasteiger partial charge in [-0.1, -0.05) is 63.3 Å². The Balaban J connectivity index is 0.000000765. The zero-order valence-electron chi connectivity index (χ0n) is 24.3. The second-order valence-electron chi connectivity index (χ2n) is 9.99. The molecule has 2 fully saturated rings. The van der Waals surface area contributed by atoms with Crippen molar-refractivity contribution >= 4 is 5.97 Å². The third-order valence-electron chi connectivity index (χ3n) is 6.83. The van der Waals surface area contributed by atoms with Crippen molar-refractivity contribution in [3.8, 4) is 22.6 Å². The smallest absolute Gasteiger partial charge is 0.490 e. The Morgan fingerprint density at radius 2 is 1.35 bits per heavy atom. The zero-order chi connectivity index (χ0) is 29.6. The van der Waals surface area contributed by atoms with E-state index in [1.807, 2.05) is 63.9 Å². The van der Waals surface area contributed by atoms with Crippen LogP contribution in [0, 0.1) is 75.3 Å². The Labute approximate surface area is 267 Å². The number of carbonyl (C=O) groups is 1. The molecule has 6 heteroatoms. The van der Waals surface area contributed by atoms with Crippen molar-refractivity contribution in [1.82, 2.24) is 0 Å². The van der Waals surface area contributed by atoms with E-state index in [-0.39, 0.29) is 28.4 Å². The fourth-order valence-corrected chi connectivity index (χ4v) is 4.51. The molecule has 2 aliphatic carbocycles. The maximum Gasteiger partial charge on any atom is 2.00 e. The molecular formula is C37H36F2FeO3+2. The molecule has 2 saturated carbocycles. The van der Waals surface area contributed by atoms with Gasteiger partial charge < -0.3 is 9.47 Å². The molecular weight excluding hydrogens is 586 g/mol. The molecule has 0 spiro atoms. The molecule has 43 heavy (non-hydrogen) atoms. The summed E-state index contributed by atoms with van der Waals surface area (Å²) in [6, 6.07) is 16.5. The molecule has 0 aliphatic heterocycles. The summed E-state index contributed by atoms with van der Waals surface area (Å²) in [4.78, 5) is 12.7. The maximum absolute atomic E-state index is 14.8. The number of hydrogen-bond donors (Lipinski definition) is 0. The van der Waals surface area contributed by atoms with Crippen LogP contribution >= 0.6 is 0 Å². The van der Waals surface area contributed by atoms with Crippen molar-refractivity contribution in [3.05, 3.63) is 147 Å². The van der Waals surface area contributed by atoms with Crippen LogP contribution in [0.4, 0.5) is 8.78 Å². The molecule has 0 N–H and O–H groups in total. The summed E-state index contributed by atoms with van der Waals surface area (Å²) in [6.45, 7) is 2.53. The van der Waals surface area contributed by atoms with Crippen LogP contribution < -0.4 is 9.47 Å². The van der Waals surface area contributed by atoms with Crippen LogP contribution in [0.1, 0.15) is 61.4 Å². The van der Waals surface area contributed by atoms with E-state index >= 15 is 0 Å². The predicted octanol–water partition coefficient (Wildman–Crippen LogP) is 9.36. The molecule has 222 valence electrons. The molecule has 3 aromatic rings. The predicted molar refractivity (Wildman–Crippen MR) is 163 cm³/mol. The third-order valence-corrected chi connectivity index (χ3v) is 6.83. The topological polar surface area (TPSA) is 35.5 Å². The van der Waals surface area contributed by atoms with E-state index in [0.29, 0.717) is 23.5 Å². The second kappa shape index (κ2) is 18.9. The van der Waals surface area contributed by atoms with Crippen LogP contribution in [0.5, 0.6) is 11.5 Å². The van der Waals surface area contributed by atoms with E-state index in [4.69, 9.17) is 9.47 Å². The Hall–Kier alpha value is -2.69. The Kier molecular flexibility index (Phi) is 15.3. The normalized spacial score (nSPS) is 14.5. The summed E-state index contributed by atoms with van der Waals surface area (Å²) in [6.07, 6.45) is 24.4. The molecule has 0 unspecified atom stereocenters. The standard InChI is InChI=1S/C32H31F2O3.C5H5.Fe/c1-2-3-4-5-6-9-21-36-29-20-19-28(30(33)31(29)34)24-15-17-27(18-16-24)37-32(35)26-14-10-13-25(22-26)23-11-7-8-12-23;1-2-4-5-3-1;/h7-8,10-20,22H,2-6,9,21H2,1H3;1-5H;/q;;+2. The molecule has 3 aromatic carbocycles. The van der Waals surface area contributed by atoms with Crippen LogP contribution in [0.3, 0.4) is 0 Å². The number of hydrogen-bond acceptors (Lipinski definition) is 3. The number of carbonyl (C=O) groups excluding carboxylic acids is 1. The van der Waals surface area contributed by atoms with Gasteiger partial charge in [0.05, 0.1) is 12.2 Å². The van der Waals surface area contributed by atoms with Crippen LogP contribution in [-0.4, -0.2) is 12.6 Å². The fourth-order valence-electron chi connectivity index (χ4n) is 4.51. The molecule has 5 rings (SSSR count). The van der Waals surface area contributed by atoms with Gasteiger partial charge in [0.2, 0.25) is 5.82 Å². The van der Waals surface area contributed by atoms with Gasteiger partial charge in [-0.2, -0.15) is 4.39 Å². The Morgan fingerprint density at radius 3 is 2.02 bits per heavy atom. The van der Waals surface area contributed by atoms with Crippen molar-refractivity contribution in [2.45, 2.75) is 45.4 Å². The molecule has 10 radical (unpaired) electrons. The minimum atomic E-state index is -0.997. The number of benzene rings is 3. The van der Waals surface area contributed by atoms with Crippen molar-refractivity contribution < 1.29 is 40.1 Å². The Bertz CT molecular complexity index is 1240. The molecule has 0 aromatic heterocycles. The van der Waals surface area contributed by atoms with E-state index in [1.54, 1.807) is 42.5 Å². The first-order valence-electron chi connectivity index (χ1n) is 14.5. The second-order valence-corrected chi connectivity index (χ2v) is 9.99. The minimum absolute atomic E-state index is 0. The van der Waals surface area contributed by atoms with Gasteiger partial charge in [-0.25, -0.2) is 9.18 Å². The van der Waals surface area contributed by atoms with Gasteiger partial charge in [-0.15, -0.1) is 0 Å². The summed E-state index contributed by atoms with van der Waals surface area (Å²) in [5, 5.41) is 0.